The van der Waals surface area contributed by atoms with Gasteiger partial charge in [-0.05, 0) is 50.7 Å². The van der Waals surface area contributed by atoms with E-state index in [0.717, 1.165) is 24.8 Å². The van der Waals surface area contributed by atoms with E-state index in [1.165, 1.54) is 18.6 Å². The molecule has 2 N–H and O–H groups in total. The van der Waals surface area contributed by atoms with Crippen molar-refractivity contribution in [1.82, 2.24) is 10.0 Å². The van der Waals surface area contributed by atoms with Gasteiger partial charge < -0.3 is 5.32 Å². The second-order valence-electron chi connectivity index (χ2n) is 5.58. The number of sulfonamides is 1. The Kier molecular flexibility index (Phi) is 5.60. The Balaban J connectivity index is 1.81. The molecule has 5 nitrogen and oxygen atoms in total. The molecule has 0 saturated heterocycles. The molecule has 1 aliphatic carbocycles. The summed E-state index contributed by atoms with van der Waals surface area (Å²) in [5.74, 6) is 0.475. The highest BCUT2D eigenvalue weighted by Crippen LogP contribution is 2.19. The molecular weight excluding hydrogens is 300 g/mol. The smallest absolute Gasteiger partial charge is 0.328 e. The highest BCUT2D eigenvalue weighted by molar-refractivity contribution is 7.90. The monoisotopic (exact) mass is 322 g/mol. The number of carbonyl (C=O) groups is 1. The van der Waals surface area contributed by atoms with E-state index in [1.54, 1.807) is 12.1 Å². The van der Waals surface area contributed by atoms with Crippen LogP contribution in [0, 0.1) is 12.8 Å². The summed E-state index contributed by atoms with van der Waals surface area (Å²) in [7, 11) is -3.81. The molecule has 0 radical (unpaired) electrons. The molecule has 2 amide bonds. The molecule has 0 aliphatic heterocycles. The molecule has 0 aromatic heterocycles. The van der Waals surface area contributed by atoms with Crippen molar-refractivity contribution in [3.05, 3.63) is 42.0 Å². The second kappa shape index (κ2) is 7.45. The lowest BCUT2D eigenvalue weighted by atomic mass is 9.93. The Bertz CT molecular complexity index is 636. The van der Waals surface area contributed by atoms with Gasteiger partial charge in [-0.3, -0.25) is 0 Å². The van der Waals surface area contributed by atoms with Crippen LogP contribution < -0.4 is 10.0 Å². The van der Waals surface area contributed by atoms with Crippen LogP contribution in [0.25, 0.3) is 0 Å². The molecule has 120 valence electrons. The van der Waals surface area contributed by atoms with Crippen molar-refractivity contribution in [2.24, 2.45) is 5.92 Å². The molecule has 0 saturated carbocycles. The Labute approximate surface area is 131 Å². The molecule has 2 rings (SSSR count). The SMILES string of the molecule is Cc1ccc(S(=O)(=O)NC(=O)NCCC2C=CCCC2)cc1. The molecule has 1 unspecified atom stereocenters. The molecule has 0 bridgehead atoms. The van der Waals surface area contributed by atoms with Gasteiger partial charge in [-0.1, -0.05) is 29.8 Å². The number of carbonyl (C=O) groups excluding carboxylic acids is 1. The lowest BCUT2D eigenvalue weighted by Crippen LogP contribution is -2.40. The van der Waals surface area contributed by atoms with Crippen molar-refractivity contribution in [3.8, 4) is 0 Å². The first-order valence-electron chi connectivity index (χ1n) is 7.51. The summed E-state index contributed by atoms with van der Waals surface area (Å²) in [4.78, 5) is 11.8. The van der Waals surface area contributed by atoms with Gasteiger partial charge in [0.15, 0.2) is 0 Å². The first-order chi connectivity index (χ1) is 10.5. The molecule has 0 fully saturated rings. The van der Waals surface area contributed by atoms with Crippen LogP contribution in [0.3, 0.4) is 0 Å². The molecule has 22 heavy (non-hydrogen) atoms. The number of rotatable bonds is 5. The summed E-state index contributed by atoms with van der Waals surface area (Å²) >= 11 is 0. The number of hydrogen-bond donors (Lipinski definition) is 2. The lowest BCUT2D eigenvalue weighted by molar-refractivity contribution is 0.245. The fourth-order valence-electron chi connectivity index (χ4n) is 2.43. The highest BCUT2D eigenvalue weighted by atomic mass is 32.2. The molecule has 1 aliphatic rings. The predicted octanol–water partition coefficient (Wildman–Crippen LogP) is 2.73. The third-order valence-corrected chi connectivity index (χ3v) is 5.06. The van der Waals surface area contributed by atoms with Crippen LogP contribution in [0.5, 0.6) is 0 Å². The van der Waals surface area contributed by atoms with Gasteiger partial charge in [0.05, 0.1) is 4.90 Å². The van der Waals surface area contributed by atoms with E-state index in [2.05, 4.69) is 17.5 Å². The molecule has 1 atom stereocenters. The maximum absolute atomic E-state index is 12.0. The first kappa shape index (κ1) is 16.5. The van der Waals surface area contributed by atoms with Crippen LogP contribution in [-0.2, 0) is 10.0 Å². The zero-order chi connectivity index (χ0) is 16.0. The standard InChI is InChI=1S/C16H22N2O3S/c1-13-7-9-15(10-8-13)22(20,21)18-16(19)17-12-11-14-5-3-2-4-6-14/h3,5,7-10,14H,2,4,6,11-12H2,1H3,(H2,17,18,19). The van der Waals surface area contributed by atoms with E-state index >= 15 is 0 Å². The summed E-state index contributed by atoms with van der Waals surface area (Å²) in [5.41, 5.74) is 0.962. The van der Waals surface area contributed by atoms with E-state index in [9.17, 15) is 13.2 Å². The highest BCUT2D eigenvalue weighted by Gasteiger charge is 2.17. The van der Waals surface area contributed by atoms with Gasteiger partial charge in [0, 0.05) is 6.54 Å². The topological polar surface area (TPSA) is 75.3 Å². The van der Waals surface area contributed by atoms with Crippen molar-refractivity contribution >= 4 is 16.1 Å². The van der Waals surface area contributed by atoms with Gasteiger partial charge in [-0.25, -0.2) is 17.9 Å². The number of urea groups is 1. The van der Waals surface area contributed by atoms with Crippen LogP contribution in [0.2, 0.25) is 0 Å². The third kappa shape index (κ3) is 4.87. The second-order valence-corrected chi connectivity index (χ2v) is 7.26. The Morgan fingerprint density at radius 1 is 1.27 bits per heavy atom. The number of aryl methyl sites for hydroxylation is 1. The minimum Gasteiger partial charge on any atom is -0.337 e. The van der Waals surface area contributed by atoms with E-state index in [1.807, 2.05) is 11.6 Å². The van der Waals surface area contributed by atoms with Gasteiger partial charge in [0.2, 0.25) is 0 Å². The zero-order valence-electron chi connectivity index (χ0n) is 12.7. The van der Waals surface area contributed by atoms with Crippen LogP contribution in [0.15, 0.2) is 41.3 Å². The molecule has 0 spiro atoms. The average molecular weight is 322 g/mol. The summed E-state index contributed by atoms with van der Waals surface area (Å²) in [5, 5.41) is 2.60. The van der Waals surface area contributed by atoms with Crippen molar-refractivity contribution in [2.45, 2.75) is 37.5 Å². The van der Waals surface area contributed by atoms with Crippen LogP contribution in [-0.4, -0.2) is 21.0 Å². The number of amides is 2. The molecule has 1 aromatic rings. The van der Waals surface area contributed by atoms with E-state index < -0.39 is 16.1 Å². The van der Waals surface area contributed by atoms with Gasteiger partial charge in [0.1, 0.15) is 0 Å². The first-order valence-corrected chi connectivity index (χ1v) is 9.00. The molecule has 6 heteroatoms. The quantitative estimate of drug-likeness (QED) is 0.819. The Morgan fingerprint density at radius 3 is 2.64 bits per heavy atom. The molecular formula is C16H22N2O3S. The number of nitrogens with one attached hydrogen (secondary N) is 2. The van der Waals surface area contributed by atoms with Crippen molar-refractivity contribution in [2.75, 3.05) is 6.54 Å². The van der Waals surface area contributed by atoms with Gasteiger partial charge >= 0.3 is 6.03 Å². The molecule has 0 heterocycles. The Morgan fingerprint density at radius 2 is 2.00 bits per heavy atom. The normalized spacial score (nSPS) is 18.0. The minimum absolute atomic E-state index is 0.0865. The fraction of sp³-hybridized carbons (Fsp3) is 0.438. The zero-order valence-corrected chi connectivity index (χ0v) is 13.5. The maximum Gasteiger partial charge on any atom is 0.328 e. The summed E-state index contributed by atoms with van der Waals surface area (Å²) in [6.45, 7) is 2.33. The predicted molar refractivity (Wildman–Crippen MR) is 86.0 cm³/mol. The van der Waals surface area contributed by atoms with Crippen LogP contribution >= 0.6 is 0 Å². The van der Waals surface area contributed by atoms with Gasteiger partial charge in [-0.2, -0.15) is 0 Å². The van der Waals surface area contributed by atoms with E-state index in [4.69, 9.17) is 0 Å². The number of hydrogen-bond acceptors (Lipinski definition) is 3. The van der Waals surface area contributed by atoms with Crippen molar-refractivity contribution in [1.29, 1.82) is 0 Å². The third-order valence-electron chi connectivity index (χ3n) is 3.71. The van der Waals surface area contributed by atoms with Crippen LogP contribution in [0.4, 0.5) is 4.79 Å². The van der Waals surface area contributed by atoms with Gasteiger partial charge in [-0.15, -0.1) is 0 Å². The largest absolute Gasteiger partial charge is 0.337 e. The van der Waals surface area contributed by atoms with Crippen molar-refractivity contribution in [3.63, 3.8) is 0 Å². The fourth-order valence-corrected chi connectivity index (χ4v) is 3.36. The van der Waals surface area contributed by atoms with E-state index in [-0.39, 0.29) is 4.90 Å². The summed E-state index contributed by atoms with van der Waals surface area (Å²) < 4.78 is 26.1. The Hall–Kier alpha value is -1.82. The number of benzene rings is 1. The van der Waals surface area contributed by atoms with E-state index in [0.29, 0.717) is 12.5 Å². The molecule has 1 aromatic carbocycles. The summed E-state index contributed by atoms with van der Waals surface area (Å²) in [6.07, 6.45) is 8.59. The van der Waals surface area contributed by atoms with Crippen molar-refractivity contribution < 1.29 is 13.2 Å². The van der Waals surface area contributed by atoms with Gasteiger partial charge in [0.25, 0.3) is 10.0 Å². The van der Waals surface area contributed by atoms with Crippen LogP contribution in [0.1, 0.15) is 31.2 Å². The maximum atomic E-state index is 12.0. The summed E-state index contributed by atoms with van der Waals surface area (Å²) in [6, 6.07) is 5.68. The minimum atomic E-state index is -3.81. The lowest BCUT2D eigenvalue weighted by Gasteiger charge is -2.16. The number of allylic oxidation sites excluding steroid dienone is 2. The average Bonchev–Trinajstić information content (AvgIpc) is 2.48.